The zero-order valence-corrected chi connectivity index (χ0v) is 10.1. The van der Waals surface area contributed by atoms with Crippen LogP contribution in [0.3, 0.4) is 0 Å². The predicted molar refractivity (Wildman–Crippen MR) is 61.8 cm³/mol. The zero-order valence-electron chi connectivity index (χ0n) is 9.32. The molecule has 1 N–H and O–H groups in total. The van der Waals surface area contributed by atoms with Crippen LogP contribution in [-0.4, -0.2) is 27.3 Å². The molecule has 0 amide bonds. The van der Waals surface area contributed by atoms with Crippen molar-refractivity contribution in [1.82, 2.24) is 5.32 Å². The fourth-order valence-electron chi connectivity index (χ4n) is 1.25. The highest BCUT2D eigenvalue weighted by Gasteiger charge is 2.16. The summed E-state index contributed by atoms with van der Waals surface area (Å²) in [5.41, 5.74) is 1.07. The van der Waals surface area contributed by atoms with E-state index in [1.165, 1.54) is 0 Å². The molecule has 0 saturated carbocycles. The number of nitrogens with one attached hydrogen (secondary N) is 1. The molecular formula is C11H17NO2S. The normalized spacial score (nSPS) is 13.8. The van der Waals surface area contributed by atoms with Gasteiger partial charge in [-0.15, -0.1) is 0 Å². The summed E-state index contributed by atoms with van der Waals surface area (Å²) in [6, 6.07) is 6.92. The van der Waals surface area contributed by atoms with E-state index in [-0.39, 0.29) is 11.8 Å². The minimum atomic E-state index is -3.15. The van der Waals surface area contributed by atoms with Crippen molar-refractivity contribution in [3.63, 3.8) is 0 Å². The number of hydrogen-bond acceptors (Lipinski definition) is 3. The minimum Gasteiger partial charge on any atom is -0.316 e. The first-order valence-electron chi connectivity index (χ1n) is 4.92. The van der Waals surface area contributed by atoms with Crippen LogP contribution in [0, 0.1) is 6.92 Å². The van der Waals surface area contributed by atoms with Crippen molar-refractivity contribution in [3.8, 4) is 0 Å². The van der Waals surface area contributed by atoms with Gasteiger partial charge >= 0.3 is 0 Å². The largest absolute Gasteiger partial charge is 0.316 e. The van der Waals surface area contributed by atoms with Crippen LogP contribution >= 0.6 is 0 Å². The Hall–Kier alpha value is -0.870. The smallest absolute Gasteiger partial charge is 0.179 e. The summed E-state index contributed by atoms with van der Waals surface area (Å²) in [7, 11) is -1.39. The van der Waals surface area contributed by atoms with E-state index in [4.69, 9.17) is 0 Å². The summed E-state index contributed by atoms with van der Waals surface area (Å²) in [6.45, 7) is 3.79. The number of sulfone groups is 1. The summed E-state index contributed by atoms with van der Waals surface area (Å²) in [6.07, 6.45) is 0. The first kappa shape index (κ1) is 12.2. The summed E-state index contributed by atoms with van der Waals surface area (Å²) in [5, 5.41) is 2.92. The fraction of sp³-hybridized carbons (Fsp3) is 0.455. The van der Waals surface area contributed by atoms with Gasteiger partial charge in [0.25, 0.3) is 0 Å². The Morgan fingerprint density at radius 3 is 2.27 bits per heavy atom. The Balaban J connectivity index is 2.91. The van der Waals surface area contributed by atoms with E-state index >= 15 is 0 Å². The molecule has 0 radical (unpaired) electrons. The monoisotopic (exact) mass is 227 g/mol. The third-order valence-corrected chi connectivity index (χ3v) is 4.27. The third kappa shape index (κ3) is 3.32. The molecule has 15 heavy (non-hydrogen) atoms. The van der Waals surface area contributed by atoms with E-state index in [1.54, 1.807) is 19.2 Å². The highest BCUT2D eigenvalue weighted by Crippen LogP contribution is 2.12. The van der Waals surface area contributed by atoms with E-state index in [1.807, 2.05) is 26.0 Å². The standard InChI is InChI=1S/C11H17NO2S/c1-9-4-6-11(7-5-9)15(13,14)8-10(2)12-3/h4-7,10,12H,8H2,1-3H3. The molecular weight excluding hydrogens is 210 g/mol. The van der Waals surface area contributed by atoms with Crippen LogP contribution in [0.15, 0.2) is 29.2 Å². The lowest BCUT2D eigenvalue weighted by Gasteiger charge is -2.10. The molecule has 4 heteroatoms. The molecule has 1 unspecified atom stereocenters. The summed E-state index contributed by atoms with van der Waals surface area (Å²) < 4.78 is 23.7. The van der Waals surface area contributed by atoms with Crippen molar-refractivity contribution in [2.45, 2.75) is 24.8 Å². The van der Waals surface area contributed by atoms with Crippen molar-refractivity contribution in [2.24, 2.45) is 0 Å². The van der Waals surface area contributed by atoms with Crippen molar-refractivity contribution in [3.05, 3.63) is 29.8 Å². The molecule has 0 bridgehead atoms. The van der Waals surface area contributed by atoms with Crippen molar-refractivity contribution < 1.29 is 8.42 Å². The molecule has 0 aliphatic heterocycles. The maximum atomic E-state index is 11.9. The lowest BCUT2D eigenvalue weighted by atomic mass is 10.2. The van der Waals surface area contributed by atoms with Gasteiger partial charge in [-0.2, -0.15) is 0 Å². The van der Waals surface area contributed by atoms with Crippen LogP contribution in [-0.2, 0) is 9.84 Å². The Morgan fingerprint density at radius 2 is 1.80 bits per heavy atom. The van der Waals surface area contributed by atoms with Crippen molar-refractivity contribution in [1.29, 1.82) is 0 Å². The van der Waals surface area contributed by atoms with Gasteiger partial charge in [-0.1, -0.05) is 17.7 Å². The van der Waals surface area contributed by atoms with E-state index in [0.717, 1.165) is 5.56 Å². The highest BCUT2D eigenvalue weighted by atomic mass is 32.2. The Labute approximate surface area is 91.4 Å². The second-order valence-corrected chi connectivity index (χ2v) is 5.82. The molecule has 1 rings (SSSR count). The van der Waals surface area contributed by atoms with E-state index in [0.29, 0.717) is 4.90 Å². The van der Waals surface area contributed by atoms with E-state index in [9.17, 15) is 8.42 Å². The van der Waals surface area contributed by atoms with Crippen molar-refractivity contribution in [2.75, 3.05) is 12.8 Å². The van der Waals surface area contributed by atoms with Crippen molar-refractivity contribution >= 4 is 9.84 Å². The molecule has 3 nitrogen and oxygen atoms in total. The molecule has 1 aromatic carbocycles. The molecule has 0 aliphatic carbocycles. The SMILES string of the molecule is CNC(C)CS(=O)(=O)c1ccc(C)cc1. The molecule has 1 aromatic rings. The average Bonchev–Trinajstić information content (AvgIpc) is 2.17. The van der Waals surface area contributed by atoms with Crippen LogP contribution in [0.5, 0.6) is 0 Å². The molecule has 1 atom stereocenters. The topological polar surface area (TPSA) is 46.2 Å². The first-order valence-corrected chi connectivity index (χ1v) is 6.57. The molecule has 0 saturated heterocycles. The van der Waals surface area contributed by atoms with Gasteiger partial charge in [0.1, 0.15) is 0 Å². The second-order valence-electron chi connectivity index (χ2n) is 3.78. The quantitative estimate of drug-likeness (QED) is 0.845. The maximum absolute atomic E-state index is 11.9. The Bertz CT molecular complexity index is 409. The Kier molecular flexibility index (Phi) is 3.88. The van der Waals surface area contributed by atoms with Gasteiger partial charge in [0, 0.05) is 6.04 Å². The number of benzene rings is 1. The van der Waals surface area contributed by atoms with Crippen LogP contribution in [0.25, 0.3) is 0 Å². The lowest BCUT2D eigenvalue weighted by molar-refractivity contribution is 0.578. The van der Waals surface area contributed by atoms with Gasteiger partial charge in [0.2, 0.25) is 0 Å². The maximum Gasteiger partial charge on any atom is 0.179 e. The predicted octanol–water partition coefficient (Wildman–Crippen LogP) is 1.38. The van der Waals surface area contributed by atoms with E-state index in [2.05, 4.69) is 5.32 Å². The number of rotatable bonds is 4. The fourth-order valence-corrected chi connectivity index (χ4v) is 2.82. The van der Waals surface area contributed by atoms with Crippen LogP contribution in [0.4, 0.5) is 0 Å². The average molecular weight is 227 g/mol. The minimum absolute atomic E-state index is 0.0312. The first-order chi connectivity index (χ1) is 6.95. The zero-order chi connectivity index (χ0) is 11.5. The summed E-state index contributed by atoms with van der Waals surface area (Å²) in [4.78, 5) is 0.398. The molecule has 0 aliphatic rings. The van der Waals surface area contributed by atoms with Gasteiger partial charge in [-0.3, -0.25) is 0 Å². The molecule has 0 heterocycles. The van der Waals surface area contributed by atoms with Gasteiger partial charge in [0.15, 0.2) is 9.84 Å². The van der Waals surface area contributed by atoms with Gasteiger partial charge in [-0.25, -0.2) is 8.42 Å². The molecule has 0 fully saturated rings. The van der Waals surface area contributed by atoms with E-state index < -0.39 is 9.84 Å². The van der Waals surface area contributed by atoms with Gasteiger partial charge in [-0.05, 0) is 33.0 Å². The second kappa shape index (κ2) is 4.77. The van der Waals surface area contributed by atoms with Crippen LogP contribution in [0.1, 0.15) is 12.5 Å². The van der Waals surface area contributed by atoms with Gasteiger partial charge < -0.3 is 5.32 Å². The number of aryl methyl sites for hydroxylation is 1. The molecule has 0 spiro atoms. The molecule has 0 aromatic heterocycles. The summed E-state index contributed by atoms with van der Waals surface area (Å²) >= 11 is 0. The Morgan fingerprint density at radius 1 is 1.27 bits per heavy atom. The highest BCUT2D eigenvalue weighted by molar-refractivity contribution is 7.91. The van der Waals surface area contributed by atoms with Crippen LogP contribution in [0.2, 0.25) is 0 Å². The molecule has 84 valence electrons. The summed E-state index contributed by atoms with van der Waals surface area (Å²) in [5.74, 6) is 0.132. The van der Waals surface area contributed by atoms with Crippen LogP contribution < -0.4 is 5.32 Å². The lowest BCUT2D eigenvalue weighted by Crippen LogP contribution is -2.29. The van der Waals surface area contributed by atoms with Gasteiger partial charge in [0.05, 0.1) is 10.6 Å². The third-order valence-electron chi connectivity index (χ3n) is 2.34. The number of hydrogen-bond donors (Lipinski definition) is 1.